The highest BCUT2D eigenvalue weighted by molar-refractivity contribution is 5.94. The van der Waals surface area contributed by atoms with E-state index in [1.807, 2.05) is 72.2 Å². The summed E-state index contributed by atoms with van der Waals surface area (Å²) < 4.78 is 25.9. The molecule has 4 aliphatic heterocycles. The van der Waals surface area contributed by atoms with Gasteiger partial charge in [-0.05, 0) is 99.2 Å². The number of fused-ring (bicyclic) bond motifs is 3. The number of likely N-dealkylation sites (N-methyl/N-ethyl adjacent to an activating group) is 2. The van der Waals surface area contributed by atoms with Gasteiger partial charge in [0.05, 0.1) is 36.5 Å². The van der Waals surface area contributed by atoms with Gasteiger partial charge < -0.3 is 38.5 Å². The van der Waals surface area contributed by atoms with Crippen LogP contribution in [0.25, 0.3) is 0 Å². The van der Waals surface area contributed by atoms with Crippen LogP contribution in [0, 0.1) is 0 Å². The highest BCUT2D eigenvalue weighted by atomic mass is 16.8. The summed E-state index contributed by atoms with van der Waals surface area (Å²) in [5.74, 6) is 0.640. The number of nitrogens with zero attached hydrogens (tertiary/aromatic N) is 4. The average Bonchev–Trinajstić information content (AvgIpc) is 3.49. The summed E-state index contributed by atoms with van der Waals surface area (Å²) in [6.07, 6.45) is -0.0677. The van der Waals surface area contributed by atoms with Gasteiger partial charge in [0.2, 0.25) is 0 Å². The molecular weight excluding hydrogens is 721 g/mol. The Balaban J connectivity index is 1.27. The van der Waals surface area contributed by atoms with Crippen LogP contribution >= 0.6 is 0 Å². The number of carbonyl (C=O) groups excluding carboxylic acids is 3. The van der Waals surface area contributed by atoms with Gasteiger partial charge in [-0.1, -0.05) is 48.5 Å². The monoisotopic (exact) mass is 772 g/mol. The molecule has 4 aromatic rings. The molecule has 0 bridgehead atoms. The summed E-state index contributed by atoms with van der Waals surface area (Å²) in [7, 11) is 4.13. The maximum Gasteiger partial charge on any atom is 0.321 e. The number of hydrogen-bond acceptors (Lipinski definition) is 9. The maximum atomic E-state index is 15.7. The van der Waals surface area contributed by atoms with Crippen molar-refractivity contribution < 1.29 is 33.3 Å². The number of anilines is 2. The second kappa shape index (κ2) is 15.5. The number of amides is 2. The summed E-state index contributed by atoms with van der Waals surface area (Å²) in [5, 5.41) is 0. The molecule has 0 aromatic heterocycles. The van der Waals surface area contributed by atoms with E-state index in [1.54, 1.807) is 26.0 Å². The van der Waals surface area contributed by atoms with Crippen LogP contribution in [-0.4, -0.2) is 97.9 Å². The Labute approximate surface area is 335 Å². The van der Waals surface area contributed by atoms with E-state index in [4.69, 9.17) is 18.9 Å². The molecule has 298 valence electrons. The first-order chi connectivity index (χ1) is 27.3. The molecule has 4 aromatic carbocycles. The second-order valence-corrected chi connectivity index (χ2v) is 16.3. The molecule has 0 saturated carbocycles. The summed E-state index contributed by atoms with van der Waals surface area (Å²) in [6, 6.07) is 26.4. The first-order valence-corrected chi connectivity index (χ1v) is 19.9. The normalized spacial score (nSPS) is 22.5. The maximum absolute atomic E-state index is 15.7. The summed E-state index contributed by atoms with van der Waals surface area (Å²) in [6.45, 7) is 10.3. The quantitative estimate of drug-likeness (QED) is 0.159. The predicted octanol–water partition coefficient (Wildman–Crippen LogP) is 6.93. The fraction of sp³-hybridized carbons (Fsp3) is 0.413. The van der Waals surface area contributed by atoms with Crippen LogP contribution < -0.4 is 19.3 Å². The van der Waals surface area contributed by atoms with Crippen molar-refractivity contribution in [2.45, 2.75) is 83.7 Å². The lowest BCUT2D eigenvalue weighted by Crippen LogP contribution is -2.51. The number of rotatable bonds is 10. The summed E-state index contributed by atoms with van der Waals surface area (Å²) >= 11 is 0. The molecule has 2 saturated heterocycles. The Morgan fingerprint density at radius 3 is 1.49 bits per heavy atom. The van der Waals surface area contributed by atoms with Crippen molar-refractivity contribution in [3.63, 3.8) is 0 Å². The molecule has 8 rings (SSSR count). The van der Waals surface area contributed by atoms with E-state index in [1.165, 1.54) is 0 Å². The molecule has 2 amide bonds. The van der Waals surface area contributed by atoms with Crippen LogP contribution in [0.5, 0.6) is 11.5 Å². The average molecular weight is 773 g/mol. The minimum absolute atomic E-state index is 0.0431. The van der Waals surface area contributed by atoms with Crippen molar-refractivity contribution in [3.05, 3.63) is 118 Å². The van der Waals surface area contributed by atoms with Crippen LogP contribution in [-0.2, 0) is 35.4 Å². The Kier molecular flexibility index (Phi) is 10.5. The molecule has 11 nitrogen and oxygen atoms in total. The smallest absolute Gasteiger partial charge is 0.321 e. The van der Waals surface area contributed by atoms with Crippen molar-refractivity contribution in [1.29, 1.82) is 0 Å². The van der Waals surface area contributed by atoms with Gasteiger partial charge in [0.15, 0.2) is 17.4 Å². The van der Waals surface area contributed by atoms with E-state index in [-0.39, 0.29) is 30.7 Å². The lowest BCUT2D eigenvalue weighted by Gasteiger charge is -2.38. The Morgan fingerprint density at radius 1 is 0.632 bits per heavy atom. The van der Waals surface area contributed by atoms with E-state index >= 15 is 4.79 Å². The molecule has 4 aliphatic rings. The molecule has 0 radical (unpaired) electrons. The lowest BCUT2D eigenvalue weighted by molar-refractivity contribution is -0.157. The molecule has 4 heterocycles. The van der Waals surface area contributed by atoms with Crippen LogP contribution in [0.15, 0.2) is 84.9 Å². The fourth-order valence-electron chi connectivity index (χ4n) is 8.74. The van der Waals surface area contributed by atoms with Crippen molar-refractivity contribution in [1.82, 2.24) is 9.80 Å². The van der Waals surface area contributed by atoms with Crippen LogP contribution in [0.3, 0.4) is 0 Å². The molecule has 0 unspecified atom stereocenters. The van der Waals surface area contributed by atoms with Gasteiger partial charge in [-0.15, -0.1) is 0 Å². The number of ketones is 2. The Hall–Kier alpha value is -5.39. The number of urea groups is 1. The number of ether oxygens (including phenoxy) is 4. The van der Waals surface area contributed by atoms with Crippen molar-refractivity contribution in [3.8, 4) is 11.5 Å². The summed E-state index contributed by atoms with van der Waals surface area (Å²) in [4.78, 5) is 49.1. The fourth-order valence-corrected chi connectivity index (χ4v) is 8.74. The van der Waals surface area contributed by atoms with Gasteiger partial charge in [0, 0.05) is 38.3 Å². The predicted molar refractivity (Wildman–Crippen MR) is 219 cm³/mol. The first-order valence-electron chi connectivity index (χ1n) is 19.9. The molecular formula is C46H52N4O7. The van der Waals surface area contributed by atoms with Gasteiger partial charge in [-0.2, -0.15) is 0 Å². The zero-order valence-corrected chi connectivity index (χ0v) is 33.7. The molecule has 11 heteroatoms. The van der Waals surface area contributed by atoms with Crippen LogP contribution in [0.1, 0.15) is 70.7 Å². The van der Waals surface area contributed by atoms with E-state index < -0.39 is 30.1 Å². The topological polar surface area (TPSA) is 101 Å². The van der Waals surface area contributed by atoms with Crippen molar-refractivity contribution in [2.75, 3.05) is 50.2 Å². The van der Waals surface area contributed by atoms with E-state index in [0.717, 1.165) is 58.2 Å². The third-order valence-electron chi connectivity index (χ3n) is 11.7. The van der Waals surface area contributed by atoms with E-state index in [9.17, 15) is 9.59 Å². The molecule has 4 atom stereocenters. The lowest BCUT2D eigenvalue weighted by atomic mass is 9.90. The number of benzene rings is 4. The number of Topliss-reactive ketones (excluding diaryl/α,β-unsaturated/α-hetero) is 2. The minimum atomic E-state index is -0.944. The van der Waals surface area contributed by atoms with Crippen LogP contribution in [0.4, 0.5) is 16.2 Å². The molecule has 0 aliphatic carbocycles. The molecule has 57 heavy (non-hydrogen) atoms. The van der Waals surface area contributed by atoms with Gasteiger partial charge in [-0.3, -0.25) is 9.59 Å². The van der Waals surface area contributed by atoms with Crippen molar-refractivity contribution in [2.24, 2.45) is 0 Å². The van der Waals surface area contributed by atoms with Gasteiger partial charge in [-0.25, -0.2) is 4.79 Å². The molecule has 0 spiro atoms. The molecule has 2 fully saturated rings. The zero-order chi connectivity index (χ0) is 40.0. The SMILES string of the molecule is CC(=O)c1cccc(CN2C(=O)N(Cc3cccc(C(C)=O)c3)[C@H](Cc3ccc4c(c3)N(C)CCO4)[C@@H]3OC(C)(C)O[C@H]3[C@H]2Cc2ccc3c(c2)N(C)CCO3)c1. The largest absolute Gasteiger partial charge is 0.490 e. The van der Waals surface area contributed by atoms with Crippen molar-refractivity contribution >= 4 is 29.0 Å². The van der Waals surface area contributed by atoms with Crippen LogP contribution in [0.2, 0.25) is 0 Å². The minimum Gasteiger partial charge on any atom is -0.490 e. The van der Waals surface area contributed by atoms with Gasteiger partial charge in [0.1, 0.15) is 36.9 Å². The highest BCUT2D eigenvalue weighted by Crippen LogP contribution is 2.42. The number of carbonyl (C=O) groups is 3. The van der Waals surface area contributed by atoms with E-state index in [0.29, 0.717) is 37.2 Å². The molecule has 0 N–H and O–H groups in total. The zero-order valence-electron chi connectivity index (χ0n) is 33.7. The van der Waals surface area contributed by atoms with Gasteiger partial charge >= 0.3 is 6.03 Å². The first kappa shape index (κ1) is 38.5. The van der Waals surface area contributed by atoms with E-state index in [2.05, 4.69) is 48.2 Å². The Morgan fingerprint density at radius 2 is 1.07 bits per heavy atom. The number of hydrogen-bond donors (Lipinski definition) is 0. The second-order valence-electron chi connectivity index (χ2n) is 16.3. The highest BCUT2D eigenvalue weighted by Gasteiger charge is 2.55. The third-order valence-corrected chi connectivity index (χ3v) is 11.7. The van der Waals surface area contributed by atoms with Gasteiger partial charge in [0.25, 0.3) is 0 Å². The standard InChI is InChI=1S/C46H52N4O7/c1-29(51)35-11-7-9-33(21-35)27-49-39(25-31-13-15-41-37(23-31)47(5)17-19-54-41)43-44(57-46(3,4)56-43)40(26-32-14-16-42-38(24-32)48(6)18-20-55-42)50(45(49)53)28-34-10-8-12-36(22-34)30(2)52/h7-16,21-24,39-40,43-44H,17-20,25-28H2,1-6H3/t39-,40-,43+,44+/m1/s1. The third kappa shape index (κ3) is 7.95. The summed E-state index contributed by atoms with van der Waals surface area (Å²) in [5.41, 5.74) is 6.93. The Bertz CT molecular complexity index is 2040.